The Morgan fingerprint density at radius 2 is 0.981 bits per heavy atom. The molecule has 0 unspecified atom stereocenters. The van der Waals surface area contributed by atoms with Crippen molar-refractivity contribution in [2.24, 2.45) is 11.8 Å². The van der Waals surface area contributed by atoms with Crippen molar-refractivity contribution in [3.8, 4) is 22.3 Å². The minimum atomic E-state index is -0.826. The van der Waals surface area contributed by atoms with Crippen LogP contribution in [0, 0.1) is 25.7 Å². The van der Waals surface area contributed by atoms with Crippen LogP contribution in [-0.2, 0) is 33.7 Å². The fourth-order valence-electron chi connectivity index (χ4n) is 8.50. The third kappa shape index (κ3) is 12.9. The molecule has 2 fully saturated rings. The summed E-state index contributed by atoms with van der Waals surface area (Å²) in [6.45, 7) is 8.75. The zero-order chi connectivity index (χ0) is 38.1. The van der Waals surface area contributed by atoms with Crippen molar-refractivity contribution in [1.29, 1.82) is 0 Å². The molecule has 0 spiro atoms. The maximum atomic E-state index is 4.93. The van der Waals surface area contributed by atoms with E-state index in [2.05, 4.69) is 137 Å². The van der Waals surface area contributed by atoms with Crippen molar-refractivity contribution in [3.05, 3.63) is 131 Å². The molecule has 0 bridgehead atoms. The van der Waals surface area contributed by atoms with E-state index in [-0.39, 0.29) is 0 Å². The van der Waals surface area contributed by atoms with Gasteiger partial charge < -0.3 is 0 Å². The predicted octanol–water partition coefficient (Wildman–Crippen LogP) is 16.3. The first-order chi connectivity index (χ1) is 26.4. The standard InChI is InChI=1S/2C23H25.C4H10Si.2ClH.Zr/c2*1-17-10-12-20(13-11-17)22-9-5-8-21-15-19(16-23(21)22)14-18-6-3-2-4-7-18;1-3-4-5-2;;;/h2*5,8-13,15-16,18H,2-4,6-7,14H2,1H3;3-4H2,1-2H3;2*1H;/q2*-1;;;;+4/p-2. The normalized spacial score (nSPS) is 14.6. The predicted molar refractivity (Wildman–Crippen MR) is 238 cm³/mol. The van der Waals surface area contributed by atoms with Crippen molar-refractivity contribution in [2.45, 2.75) is 117 Å². The fourth-order valence-corrected chi connectivity index (χ4v) is 9.00. The van der Waals surface area contributed by atoms with E-state index in [0.29, 0.717) is 0 Å². The number of benzene rings is 4. The molecule has 0 nitrogen and oxygen atoms in total. The van der Waals surface area contributed by atoms with E-state index < -0.39 is 20.8 Å². The van der Waals surface area contributed by atoms with Gasteiger partial charge in [0.05, 0.1) is 0 Å². The molecule has 0 heterocycles. The number of hydrogen-bond acceptors (Lipinski definition) is 0. The number of halogens is 2. The second-order valence-electron chi connectivity index (χ2n) is 15.7. The van der Waals surface area contributed by atoms with E-state index in [4.69, 9.17) is 17.0 Å². The molecule has 0 N–H and O–H groups in total. The molecule has 0 aromatic heterocycles. The van der Waals surface area contributed by atoms with Crippen LogP contribution in [0.5, 0.6) is 0 Å². The molecule has 2 aliphatic carbocycles. The molecule has 4 heteroatoms. The van der Waals surface area contributed by atoms with Gasteiger partial charge in [-0.25, -0.2) is 0 Å². The van der Waals surface area contributed by atoms with Crippen LogP contribution in [0.25, 0.3) is 43.8 Å². The molecule has 0 aliphatic heterocycles. The summed E-state index contributed by atoms with van der Waals surface area (Å²) >= 11 is -0.826. The van der Waals surface area contributed by atoms with Gasteiger partial charge in [0.15, 0.2) is 0 Å². The molecule has 54 heavy (non-hydrogen) atoms. The fraction of sp³-hybridized carbons (Fsp3) is 0.400. The molecule has 0 saturated heterocycles. The summed E-state index contributed by atoms with van der Waals surface area (Å²) < 4.78 is 0. The van der Waals surface area contributed by atoms with Crippen LogP contribution in [-0.4, -0.2) is 9.52 Å². The van der Waals surface area contributed by atoms with Gasteiger partial charge in [0.2, 0.25) is 0 Å². The summed E-state index contributed by atoms with van der Waals surface area (Å²) in [5, 5.41) is 5.63. The average molecular weight is 851 g/mol. The second kappa shape index (κ2) is 23.1. The molecule has 6 aromatic rings. The van der Waals surface area contributed by atoms with E-state index in [1.165, 1.54) is 156 Å². The van der Waals surface area contributed by atoms with Crippen LogP contribution < -0.4 is 0 Å². The van der Waals surface area contributed by atoms with E-state index in [1.807, 2.05) is 0 Å². The first-order valence-corrected chi connectivity index (χ1v) is 28.6. The molecule has 0 amide bonds. The molecule has 2 aliphatic rings. The van der Waals surface area contributed by atoms with E-state index in [9.17, 15) is 0 Å². The van der Waals surface area contributed by atoms with E-state index in [0.717, 1.165) is 21.4 Å². The van der Waals surface area contributed by atoms with Crippen molar-refractivity contribution >= 4 is 48.1 Å². The molecule has 6 aromatic carbocycles. The van der Waals surface area contributed by atoms with Gasteiger partial charge in [-0.2, -0.15) is 12.1 Å². The Morgan fingerprint density at radius 1 is 0.593 bits per heavy atom. The molecular weight excluding hydrogens is 791 g/mol. The van der Waals surface area contributed by atoms with Crippen LogP contribution >= 0.6 is 17.0 Å². The van der Waals surface area contributed by atoms with Gasteiger partial charge in [0.1, 0.15) is 0 Å². The zero-order valence-electron chi connectivity index (χ0n) is 33.2. The first-order valence-electron chi connectivity index (χ1n) is 20.5. The van der Waals surface area contributed by atoms with Crippen molar-refractivity contribution in [2.75, 3.05) is 0 Å². The Bertz CT molecular complexity index is 1800. The summed E-state index contributed by atoms with van der Waals surface area (Å²) in [5.74, 6) is 1.81. The zero-order valence-corrected chi connectivity index (χ0v) is 38.2. The second-order valence-corrected chi connectivity index (χ2v) is 20.6. The number of rotatable bonds is 8. The Balaban J connectivity index is 0.000000174. The summed E-state index contributed by atoms with van der Waals surface area (Å²) in [6.07, 6.45) is 18.2. The number of fused-ring (bicyclic) bond motifs is 2. The summed E-state index contributed by atoms with van der Waals surface area (Å²) in [5.41, 5.74) is 11.1. The van der Waals surface area contributed by atoms with Crippen molar-refractivity contribution in [3.63, 3.8) is 0 Å². The van der Waals surface area contributed by atoms with E-state index in [1.54, 1.807) is 0 Å². The SMILES string of the molecule is CCC[Si]C.Cc1ccc(-c2cccc3[cH-]c(CC4CCCCC4)cc23)cc1.Cc1ccc(-c2cccc3[cH-]c(CC4CCCCC4)cc23)cc1.[Cl][Zr+2][Cl]. The average Bonchev–Trinajstić information content (AvgIpc) is 3.81. The van der Waals surface area contributed by atoms with Crippen molar-refractivity contribution in [1.82, 2.24) is 0 Å². The summed E-state index contributed by atoms with van der Waals surface area (Å²) in [6, 6.07) is 42.4. The van der Waals surface area contributed by atoms with Crippen LogP contribution in [0.1, 0.15) is 99.8 Å². The van der Waals surface area contributed by atoms with Gasteiger partial charge >= 0.3 is 37.9 Å². The van der Waals surface area contributed by atoms with Gasteiger partial charge in [0, 0.05) is 9.52 Å². The van der Waals surface area contributed by atoms with Crippen LogP contribution in [0.3, 0.4) is 0 Å². The van der Waals surface area contributed by atoms with Gasteiger partial charge in [-0.1, -0.05) is 173 Å². The quantitative estimate of drug-likeness (QED) is 0.106. The maximum absolute atomic E-state index is 4.93. The topological polar surface area (TPSA) is 0 Å². The van der Waals surface area contributed by atoms with E-state index >= 15 is 0 Å². The Kier molecular flexibility index (Phi) is 18.4. The number of aryl methyl sites for hydroxylation is 2. The van der Waals surface area contributed by atoms with Gasteiger partial charge in [-0.15, -0.1) is 69.1 Å². The monoisotopic (exact) mass is 848 g/mol. The first kappa shape index (κ1) is 42.9. The van der Waals surface area contributed by atoms with Crippen molar-refractivity contribution < 1.29 is 20.8 Å². The van der Waals surface area contributed by atoms with Crippen LogP contribution in [0.15, 0.2) is 109 Å². The molecular formula is C50H60Cl2SiZr. The third-order valence-corrected chi connectivity index (χ3v) is 12.3. The molecule has 8 rings (SSSR count). The number of hydrogen-bond donors (Lipinski definition) is 0. The summed E-state index contributed by atoms with van der Waals surface area (Å²) in [4.78, 5) is 0. The molecule has 2 saturated carbocycles. The Labute approximate surface area is 348 Å². The Morgan fingerprint density at radius 3 is 1.31 bits per heavy atom. The van der Waals surface area contributed by atoms with Crippen LogP contribution in [0.4, 0.5) is 0 Å². The molecule has 2 radical (unpaired) electrons. The van der Waals surface area contributed by atoms with Gasteiger partial charge in [-0.05, 0) is 49.7 Å². The van der Waals surface area contributed by atoms with Crippen LogP contribution in [0.2, 0.25) is 12.6 Å². The Hall–Kier alpha value is -2.22. The minimum absolute atomic E-state index is 0.826. The van der Waals surface area contributed by atoms with Gasteiger partial charge in [-0.3, -0.25) is 0 Å². The third-order valence-electron chi connectivity index (χ3n) is 11.3. The molecule has 282 valence electrons. The summed E-state index contributed by atoms with van der Waals surface area (Å²) in [7, 11) is 11.0. The van der Waals surface area contributed by atoms with Gasteiger partial charge in [0.25, 0.3) is 0 Å². The molecule has 0 atom stereocenters.